The Morgan fingerprint density at radius 1 is 1.00 bits per heavy atom. The fourth-order valence-electron chi connectivity index (χ4n) is 2.73. The number of ether oxygens (including phenoxy) is 1. The van der Waals surface area contributed by atoms with Crippen molar-refractivity contribution in [3.8, 4) is 5.75 Å². The number of methoxy groups -OCH3 is 1. The molecule has 0 bridgehead atoms. The summed E-state index contributed by atoms with van der Waals surface area (Å²) in [5.41, 5.74) is 0.270. The van der Waals surface area contributed by atoms with Gasteiger partial charge in [-0.25, -0.2) is 8.42 Å². The molecule has 0 radical (unpaired) electrons. The van der Waals surface area contributed by atoms with E-state index in [0.717, 1.165) is 9.69 Å². The van der Waals surface area contributed by atoms with E-state index in [4.69, 9.17) is 4.74 Å². The highest BCUT2D eigenvalue weighted by molar-refractivity contribution is 7.93. The van der Waals surface area contributed by atoms with Crippen LogP contribution < -0.4 is 9.04 Å². The molecule has 126 valence electrons. The van der Waals surface area contributed by atoms with Gasteiger partial charge in [-0.2, -0.15) is 0 Å². The summed E-state index contributed by atoms with van der Waals surface area (Å²) < 4.78 is 32.6. The Balaban J connectivity index is 2.20. The van der Waals surface area contributed by atoms with E-state index in [-0.39, 0.29) is 22.0 Å². The highest BCUT2D eigenvalue weighted by atomic mass is 32.2. The highest BCUT2D eigenvalue weighted by Gasteiger charge is 2.31. The molecule has 3 rings (SSSR count). The van der Waals surface area contributed by atoms with Crippen molar-refractivity contribution in [1.29, 1.82) is 5.39 Å². The lowest BCUT2D eigenvalue weighted by Crippen LogP contribution is -2.26. The molecule has 0 aromatic heterocycles. The second-order valence-electron chi connectivity index (χ2n) is 5.38. The monoisotopic (exact) mass is 354 g/mol. The van der Waals surface area contributed by atoms with Crippen LogP contribution in [0.1, 0.15) is 0 Å². The van der Waals surface area contributed by atoms with E-state index in [1.165, 1.54) is 14.2 Å². The van der Waals surface area contributed by atoms with Crippen molar-refractivity contribution in [1.82, 2.24) is 0 Å². The van der Waals surface area contributed by atoms with Gasteiger partial charge in [-0.15, -0.1) is 0 Å². The van der Waals surface area contributed by atoms with Crippen LogP contribution in [0.2, 0.25) is 0 Å². The van der Waals surface area contributed by atoms with Crippen molar-refractivity contribution >= 4 is 32.2 Å². The molecule has 0 amide bonds. The van der Waals surface area contributed by atoms with Gasteiger partial charge in [0.05, 0.1) is 12.0 Å². The average molecular weight is 354 g/mol. The molecule has 0 aliphatic heterocycles. The van der Waals surface area contributed by atoms with Crippen LogP contribution in [-0.2, 0) is 10.0 Å². The number of sulfonamides is 1. The first-order valence-electron chi connectivity index (χ1n) is 7.49. The Bertz CT molecular complexity index is 1080. The van der Waals surface area contributed by atoms with Crippen molar-refractivity contribution in [2.75, 3.05) is 18.5 Å². The quantitative estimate of drug-likeness (QED) is 0.659. The normalized spacial score (nSPS) is 11.1. The van der Waals surface area contributed by atoms with E-state index in [0.29, 0.717) is 5.39 Å². The molecule has 3 aromatic carbocycles. The summed E-state index contributed by atoms with van der Waals surface area (Å²) in [7, 11) is -1.03. The minimum absolute atomic E-state index is 0.0521. The van der Waals surface area contributed by atoms with Crippen molar-refractivity contribution in [3.63, 3.8) is 0 Å². The van der Waals surface area contributed by atoms with Gasteiger partial charge < -0.3 is 4.74 Å². The molecule has 0 spiro atoms. The molecule has 7 heteroatoms. The number of fused-ring (bicyclic) bond motifs is 1. The van der Waals surface area contributed by atoms with Crippen LogP contribution in [0.5, 0.6) is 5.75 Å². The van der Waals surface area contributed by atoms with Crippen molar-refractivity contribution in [3.05, 3.63) is 65.6 Å². The Kier molecular flexibility index (Phi) is 4.30. The maximum atomic E-state index is 13.2. The van der Waals surface area contributed by atoms with E-state index in [2.05, 4.69) is 4.98 Å². The Morgan fingerprint density at radius 3 is 2.40 bits per heavy atom. The van der Waals surface area contributed by atoms with Crippen LogP contribution in [0.15, 0.2) is 65.6 Å². The van der Waals surface area contributed by atoms with Gasteiger partial charge in [-0.3, -0.25) is 4.31 Å². The minimum atomic E-state index is -3.87. The molecule has 6 nitrogen and oxygen atoms in total. The van der Waals surface area contributed by atoms with Gasteiger partial charge >= 0.3 is 5.69 Å². The molecule has 0 unspecified atom stereocenters. The number of diazo groups is 1. The number of nitrogens with zero attached hydrogens (tertiary/aromatic N) is 3. The molecular weight excluding hydrogens is 338 g/mol. The third kappa shape index (κ3) is 2.77. The van der Waals surface area contributed by atoms with Crippen LogP contribution in [-0.4, -0.2) is 22.6 Å². The molecule has 0 saturated carbocycles. The molecule has 3 aromatic rings. The summed E-state index contributed by atoms with van der Waals surface area (Å²) in [4.78, 5) is 3.38. The third-order valence-electron chi connectivity index (χ3n) is 4.02. The predicted molar refractivity (Wildman–Crippen MR) is 97.3 cm³/mol. The second-order valence-corrected chi connectivity index (χ2v) is 7.32. The number of hydrogen-bond donors (Lipinski definition) is 0. The van der Waals surface area contributed by atoms with Gasteiger partial charge in [-0.05, 0) is 23.6 Å². The lowest BCUT2D eigenvalue weighted by Gasteiger charge is -2.19. The summed E-state index contributed by atoms with van der Waals surface area (Å²) in [5, 5.41) is 10.8. The summed E-state index contributed by atoms with van der Waals surface area (Å²) >= 11 is 0. The van der Waals surface area contributed by atoms with Crippen LogP contribution in [0, 0.1) is 5.39 Å². The maximum Gasteiger partial charge on any atom is 0.450 e. The zero-order valence-electron chi connectivity index (χ0n) is 13.7. The smallest absolute Gasteiger partial charge is 0.450 e. The Labute approximate surface area is 145 Å². The van der Waals surface area contributed by atoms with Crippen molar-refractivity contribution in [2.24, 2.45) is 0 Å². The van der Waals surface area contributed by atoms with E-state index >= 15 is 0 Å². The summed E-state index contributed by atoms with van der Waals surface area (Å²) in [6.45, 7) is 0. The van der Waals surface area contributed by atoms with Gasteiger partial charge in [0.1, 0.15) is 0 Å². The van der Waals surface area contributed by atoms with E-state index in [1.807, 2.05) is 18.2 Å². The van der Waals surface area contributed by atoms with E-state index in [9.17, 15) is 13.8 Å². The van der Waals surface area contributed by atoms with E-state index < -0.39 is 10.0 Å². The SMILES string of the molecule is COc1cccc(N(C)S(=O)(=O)c2cccc3ccccc23)c1[N+]#N. The molecule has 0 atom stereocenters. The molecule has 0 heterocycles. The molecule has 0 N–H and O–H groups in total. The van der Waals surface area contributed by atoms with Gasteiger partial charge in [0, 0.05) is 12.4 Å². The standard InChI is InChI=1S/C18H16N3O3S/c1-21(15-10-6-11-16(24-2)18(15)20-19)25(22,23)17-12-5-8-13-7-3-4-9-14(13)17/h3-12H,1-2H3/q+1. The Morgan fingerprint density at radius 2 is 1.68 bits per heavy atom. The summed E-state index contributed by atoms with van der Waals surface area (Å²) in [5.74, 6) is 0.278. The fraction of sp³-hybridized carbons (Fsp3) is 0.111. The van der Waals surface area contributed by atoms with Gasteiger partial charge in [0.25, 0.3) is 10.0 Å². The third-order valence-corrected chi connectivity index (χ3v) is 5.85. The number of benzene rings is 3. The molecule has 0 saturated heterocycles. The van der Waals surface area contributed by atoms with Gasteiger partial charge in [0.15, 0.2) is 10.7 Å². The summed E-state index contributed by atoms with van der Waals surface area (Å²) in [6, 6.07) is 17.2. The first kappa shape index (κ1) is 16.7. The first-order chi connectivity index (χ1) is 12.0. The molecule has 0 aliphatic rings. The van der Waals surface area contributed by atoms with Gasteiger partial charge in [-0.1, -0.05) is 42.5 Å². The van der Waals surface area contributed by atoms with Gasteiger partial charge in [0.2, 0.25) is 11.1 Å². The fourth-order valence-corrected chi connectivity index (χ4v) is 4.14. The molecule has 0 fully saturated rings. The average Bonchev–Trinajstić information content (AvgIpc) is 2.66. The minimum Gasteiger partial charge on any atom is -0.489 e. The van der Waals surface area contributed by atoms with Crippen LogP contribution in [0.4, 0.5) is 11.4 Å². The second kappa shape index (κ2) is 6.42. The predicted octanol–water partition coefficient (Wildman–Crippen LogP) is 4.16. The Hall–Kier alpha value is -3.11. The lowest BCUT2D eigenvalue weighted by molar-refractivity contribution is 0.417. The topological polar surface area (TPSA) is 74.8 Å². The lowest BCUT2D eigenvalue weighted by atomic mass is 10.1. The highest BCUT2D eigenvalue weighted by Crippen LogP contribution is 2.39. The van der Waals surface area contributed by atoms with Crippen LogP contribution in [0.25, 0.3) is 15.7 Å². The van der Waals surface area contributed by atoms with Crippen LogP contribution >= 0.6 is 0 Å². The number of rotatable bonds is 4. The van der Waals surface area contributed by atoms with Crippen molar-refractivity contribution in [2.45, 2.75) is 4.90 Å². The first-order valence-corrected chi connectivity index (χ1v) is 8.93. The number of anilines is 1. The zero-order chi connectivity index (χ0) is 18.0. The zero-order valence-corrected chi connectivity index (χ0v) is 14.6. The van der Waals surface area contributed by atoms with E-state index in [1.54, 1.807) is 42.5 Å². The maximum absolute atomic E-state index is 13.2. The van der Waals surface area contributed by atoms with Crippen LogP contribution in [0.3, 0.4) is 0 Å². The largest absolute Gasteiger partial charge is 0.489 e. The molecule has 0 aliphatic carbocycles. The molecular formula is C18H16N3O3S+. The number of hydrogen-bond acceptors (Lipinski definition) is 4. The van der Waals surface area contributed by atoms with Crippen molar-refractivity contribution < 1.29 is 13.2 Å². The molecule has 25 heavy (non-hydrogen) atoms. The summed E-state index contributed by atoms with van der Waals surface area (Å²) in [6.07, 6.45) is 0.